The predicted octanol–water partition coefficient (Wildman–Crippen LogP) is 2.10. The van der Waals surface area contributed by atoms with Gasteiger partial charge in [-0.1, -0.05) is 35.5 Å². The Morgan fingerprint density at radius 2 is 2.04 bits per heavy atom. The van der Waals surface area contributed by atoms with E-state index in [0.29, 0.717) is 17.7 Å². The molecule has 0 fully saturated rings. The van der Waals surface area contributed by atoms with Crippen molar-refractivity contribution in [3.8, 4) is 11.4 Å². The van der Waals surface area contributed by atoms with Crippen LogP contribution in [0.2, 0.25) is 0 Å². The van der Waals surface area contributed by atoms with E-state index in [1.54, 1.807) is 0 Å². The number of fused-ring (bicyclic) bond motifs is 1. The van der Waals surface area contributed by atoms with E-state index in [4.69, 9.17) is 10.3 Å². The first kappa shape index (κ1) is 15.7. The first-order chi connectivity index (χ1) is 12.3. The zero-order chi connectivity index (χ0) is 17.1. The van der Waals surface area contributed by atoms with E-state index < -0.39 is 0 Å². The molecule has 0 radical (unpaired) electrons. The number of benzene rings is 1. The summed E-state index contributed by atoms with van der Waals surface area (Å²) in [5.41, 5.74) is 8.91. The zero-order valence-electron chi connectivity index (χ0n) is 13.9. The van der Waals surface area contributed by atoms with E-state index in [9.17, 15) is 0 Å². The maximum atomic E-state index is 5.69. The Morgan fingerprint density at radius 1 is 1.16 bits per heavy atom. The van der Waals surface area contributed by atoms with Crippen molar-refractivity contribution in [3.05, 3.63) is 53.7 Å². The van der Waals surface area contributed by atoms with Crippen LogP contribution >= 0.6 is 0 Å². The minimum atomic E-state index is 0.347. The van der Waals surface area contributed by atoms with Gasteiger partial charge in [0.05, 0.1) is 5.69 Å². The van der Waals surface area contributed by atoms with Crippen molar-refractivity contribution in [2.75, 3.05) is 18.8 Å². The quantitative estimate of drug-likeness (QED) is 0.762. The van der Waals surface area contributed by atoms with Crippen molar-refractivity contribution in [1.29, 1.82) is 0 Å². The Bertz CT molecular complexity index is 848. The number of nitrogens with two attached hydrogens (primary N) is 1. The van der Waals surface area contributed by atoms with Gasteiger partial charge in [-0.05, 0) is 24.9 Å². The molecule has 0 atom stereocenters. The molecule has 7 heteroatoms. The number of anilines is 1. The van der Waals surface area contributed by atoms with E-state index in [2.05, 4.69) is 25.0 Å². The van der Waals surface area contributed by atoms with Crippen molar-refractivity contribution < 1.29 is 4.52 Å². The highest BCUT2D eigenvalue weighted by Crippen LogP contribution is 2.18. The summed E-state index contributed by atoms with van der Waals surface area (Å²) in [6, 6.07) is 9.87. The lowest BCUT2D eigenvalue weighted by atomic mass is 10.1. The van der Waals surface area contributed by atoms with Crippen LogP contribution in [0.15, 0.2) is 41.1 Å². The van der Waals surface area contributed by atoms with Gasteiger partial charge in [0.25, 0.3) is 0 Å². The third kappa shape index (κ3) is 3.66. The summed E-state index contributed by atoms with van der Waals surface area (Å²) in [7, 11) is 0. The molecule has 0 bridgehead atoms. The fourth-order valence-electron chi connectivity index (χ4n) is 3.08. The van der Waals surface area contributed by atoms with Crippen LogP contribution in [0.4, 0.5) is 5.95 Å². The van der Waals surface area contributed by atoms with Crippen LogP contribution in [0.1, 0.15) is 23.6 Å². The van der Waals surface area contributed by atoms with Gasteiger partial charge < -0.3 is 10.3 Å². The van der Waals surface area contributed by atoms with E-state index in [-0.39, 0.29) is 0 Å². The number of aryl methyl sites for hydroxylation is 1. The minimum Gasteiger partial charge on any atom is -0.368 e. The van der Waals surface area contributed by atoms with Gasteiger partial charge in [-0.25, -0.2) is 9.97 Å². The molecule has 128 valence electrons. The Hall–Kier alpha value is -2.80. The zero-order valence-corrected chi connectivity index (χ0v) is 13.9. The number of nitrogen functional groups attached to an aromatic ring is 1. The highest BCUT2D eigenvalue weighted by molar-refractivity contribution is 5.53. The second kappa shape index (κ2) is 6.98. The van der Waals surface area contributed by atoms with E-state index in [0.717, 1.165) is 50.2 Å². The van der Waals surface area contributed by atoms with Gasteiger partial charge in [0.1, 0.15) is 0 Å². The highest BCUT2D eigenvalue weighted by Gasteiger charge is 2.18. The van der Waals surface area contributed by atoms with Crippen molar-refractivity contribution in [2.24, 2.45) is 0 Å². The van der Waals surface area contributed by atoms with Crippen molar-refractivity contribution in [3.63, 3.8) is 0 Å². The Kier molecular flexibility index (Phi) is 4.39. The van der Waals surface area contributed by atoms with Crippen LogP contribution < -0.4 is 5.73 Å². The molecule has 0 spiro atoms. The summed E-state index contributed by atoms with van der Waals surface area (Å²) in [5.74, 6) is 1.68. The lowest BCUT2D eigenvalue weighted by molar-refractivity contribution is 0.243. The molecule has 0 saturated heterocycles. The number of rotatable bonds is 5. The first-order valence-electron chi connectivity index (χ1n) is 8.48. The number of aromatic nitrogens is 4. The van der Waals surface area contributed by atoms with Crippen LogP contribution in [0.25, 0.3) is 11.4 Å². The first-order valence-corrected chi connectivity index (χ1v) is 8.48. The summed E-state index contributed by atoms with van der Waals surface area (Å²) in [6.45, 7) is 2.80. The molecule has 25 heavy (non-hydrogen) atoms. The highest BCUT2D eigenvalue weighted by atomic mass is 16.5. The third-order valence-corrected chi connectivity index (χ3v) is 4.41. The Morgan fingerprint density at radius 3 is 2.92 bits per heavy atom. The van der Waals surface area contributed by atoms with E-state index >= 15 is 0 Å². The molecule has 3 heterocycles. The smallest absolute Gasteiger partial charge is 0.227 e. The maximum Gasteiger partial charge on any atom is 0.227 e. The molecule has 0 unspecified atom stereocenters. The van der Waals surface area contributed by atoms with Crippen molar-refractivity contribution in [2.45, 2.75) is 25.8 Å². The van der Waals surface area contributed by atoms with Gasteiger partial charge in [0, 0.05) is 31.3 Å². The molecule has 1 aromatic carbocycles. The molecule has 2 aromatic heterocycles. The van der Waals surface area contributed by atoms with Crippen molar-refractivity contribution >= 4 is 5.95 Å². The van der Waals surface area contributed by atoms with Gasteiger partial charge in [0.15, 0.2) is 0 Å². The summed E-state index contributed by atoms with van der Waals surface area (Å²) in [5, 5.41) is 4.06. The van der Waals surface area contributed by atoms with Crippen LogP contribution in [0.3, 0.4) is 0 Å². The summed E-state index contributed by atoms with van der Waals surface area (Å²) < 4.78 is 5.36. The number of nitrogens with zero attached hydrogens (tertiary/aromatic N) is 5. The molecule has 2 N–H and O–H groups in total. The van der Waals surface area contributed by atoms with Crippen molar-refractivity contribution in [1.82, 2.24) is 25.0 Å². The molecule has 3 aromatic rings. The topological polar surface area (TPSA) is 94.0 Å². The molecule has 0 saturated carbocycles. The van der Waals surface area contributed by atoms with Crippen LogP contribution in [0.5, 0.6) is 0 Å². The lowest BCUT2D eigenvalue weighted by Crippen LogP contribution is -2.32. The Labute approximate surface area is 145 Å². The molecular weight excluding hydrogens is 316 g/mol. The number of hydrogen-bond acceptors (Lipinski definition) is 7. The standard InChI is InChI=1S/C18H20N6O/c19-18-20-11-14-8-10-24(12-15(14)21-18)9-4-7-16-22-17(23-25-16)13-5-2-1-3-6-13/h1-3,5-6,11H,4,7-10,12H2,(H2,19,20,21). The summed E-state index contributed by atoms with van der Waals surface area (Å²) in [4.78, 5) is 15.3. The molecule has 7 nitrogen and oxygen atoms in total. The molecular formula is C18H20N6O. The van der Waals surface area contributed by atoms with Gasteiger partial charge in [-0.2, -0.15) is 4.98 Å². The second-order valence-electron chi connectivity index (χ2n) is 6.21. The largest absolute Gasteiger partial charge is 0.368 e. The molecule has 0 amide bonds. The Balaban J connectivity index is 1.31. The maximum absolute atomic E-state index is 5.69. The molecule has 0 aliphatic carbocycles. The van der Waals surface area contributed by atoms with Gasteiger partial charge in [0.2, 0.25) is 17.7 Å². The summed E-state index contributed by atoms with van der Waals surface area (Å²) in [6.07, 6.45) is 4.55. The predicted molar refractivity (Wildman–Crippen MR) is 93.5 cm³/mol. The minimum absolute atomic E-state index is 0.347. The average Bonchev–Trinajstić information content (AvgIpc) is 3.11. The third-order valence-electron chi connectivity index (χ3n) is 4.41. The van der Waals surface area contributed by atoms with Gasteiger partial charge in [-0.15, -0.1) is 0 Å². The number of hydrogen-bond donors (Lipinski definition) is 1. The molecule has 1 aliphatic rings. The van der Waals surface area contributed by atoms with Gasteiger partial charge in [-0.3, -0.25) is 4.90 Å². The van der Waals surface area contributed by atoms with E-state index in [1.165, 1.54) is 5.56 Å². The van der Waals surface area contributed by atoms with Crippen LogP contribution in [-0.2, 0) is 19.4 Å². The summed E-state index contributed by atoms with van der Waals surface area (Å²) >= 11 is 0. The van der Waals surface area contributed by atoms with Crippen LogP contribution in [-0.4, -0.2) is 38.1 Å². The molecule has 4 rings (SSSR count). The lowest BCUT2D eigenvalue weighted by Gasteiger charge is -2.27. The fourth-order valence-corrected chi connectivity index (χ4v) is 3.08. The SMILES string of the molecule is Nc1ncc2c(n1)CN(CCCc1nc(-c3ccccc3)no1)CC2. The molecule has 1 aliphatic heterocycles. The second-order valence-corrected chi connectivity index (χ2v) is 6.21. The normalized spacial score (nSPS) is 14.4. The monoisotopic (exact) mass is 336 g/mol. The fraction of sp³-hybridized carbons (Fsp3) is 0.333. The van der Waals surface area contributed by atoms with Gasteiger partial charge >= 0.3 is 0 Å². The average molecular weight is 336 g/mol. The van der Waals surface area contributed by atoms with Crippen LogP contribution in [0, 0.1) is 0 Å². The van der Waals surface area contributed by atoms with E-state index in [1.807, 2.05) is 36.5 Å².